The molecule has 0 aromatic carbocycles. The van der Waals surface area contributed by atoms with Gasteiger partial charge in [-0.3, -0.25) is 19.8 Å². The Morgan fingerprint density at radius 3 is 2.46 bits per heavy atom. The Balaban J connectivity index is 1.91. The molecule has 2 aliphatic rings. The summed E-state index contributed by atoms with van der Waals surface area (Å²) in [5, 5.41) is 12.7. The van der Waals surface area contributed by atoms with Gasteiger partial charge in [-0.25, -0.2) is 4.79 Å². The molecule has 3 N–H and O–H groups in total. The topological polar surface area (TPSA) is 98.7 Å². The van der Waals surface area contributed by atoms with Crippen molar-refractivity contribution in [1.29, 1.82) is 0 Å². The van der Waals surface area contributed by atoms with Gasteiger partial charge in [0.25, 0.3) is 0 Å². The van der Waals surface area contributed by atoms with E-state index in [0.29, 0.717) is 6.42 Å². The summed E-state index contributed by atoms with van der Waals surface area (Å²) < 4.78 is 36.0. The quantitative estimate of drug-likeness (QED) is 0.704. The van der Waals surface area contributed by atoms with Gasteiger partial charge in [0.2, 0.25) is 5.91 Å². The lowest BCUT2D eigenvalue weighted by Crippen LogP contribution is -2.50. The van der Waals surface area contributed by atoms with Crippen molar-refractivity contribution >= 4 is 17.9 Å². The van der Waals surface area contributed by atoms with E-state index >= 15 is 0 Å². The molecule has 1 aliphatic heterocycles. The van der Waals surface area contributed by atoms with Crippen LogP contribution in [-0.4, -0.2) is 59.3 Å². The van der Waals surface area contributed by atoms with Crippen LogP contribution in [0.3, 0.4) is 0 Å². The maximum absolute atomic E-state index is 12.0. The fraction of sp³-hybridized carbons (Fsp3) is 0.786. The Bertz CT molecular complexity index is 512. The number of hydrogen-bond donors (Lipinski definition) is 3. The number of amides is 3. The number of likely N-dealkylation sites (tertiary alicyclic amines) is 1. The number of urea groups is 1. The number of hydrogen-bond acceptors (Lipinski definition) is 4. The van der Waals surface area contributed by atoms with Gasteiger partial charge in [-0.1, -0.05) is 12.8 Å². The summed E-state index contributed by atoms with van der Waals surface area (Å²) in [7, 11) is 0. The molecule has 1 aliphatic carbocycles. The summed E-state index contributed by atoms with van der Waals surface area (Å²) in [6.07, 6.45) is -0.474. The van der Waals surface area contributed by atoms with Gasteiger partial charge in [0.15, 0.2) is 0 Å². The van der Waals surface area contributed by atoms with Crippen molar-refractivity contribution in [1.82, 2.24) is 15.5 Å². The van der Waals surface area contributed by atoms with Crippen LogP contribution in [0.4, 0.5) is 18.0 Å². The van der Waals surface area contributed by atoms with Gasteiger partial charge in [0.05, 0.1) is 6.54 Å². The number of nitrogens with zero attached hydrogens (tertiary/aromatic N) is 1. The average molecular weight is 351 g/mol. The molecular formula is C14H20F3N3O4. The van der Waals surface area contributed by atoms with Crippen molar-refractivity contribution in [2.45, 2.75) is 50.4 Å². The summed E-state index contributed by atoms with van der Waals surface area (Å²) in [5.74, 6) is -1.64. The molecule has 0 spiro atoms. The van der Waals surface area contributed by atoms with E-state index in [-0.39, 0.29) is 18.5 Å². The first-order valence-corrected chi connectivity index (χ1v) is 7.80. The third-order valence-electron chi connectivity index (χ3n) is 4.53. The predicted molar refractivity (Wildman–Crippen MR) is 76.1 cm³/mol. The molecule has 136 valence electrons. The molecule has 1 saturated heterocycles. The normalized spacial score (nSPS) is 27.4. The molecule has 3 unspecified atom stereocenters. The Morgan fingerprint density at radius 1 is 1.17 bits per heavy atom. The smallest absolute Gasteiger partial charge is 0.405 e. The number of carboxylic acid groups (broad SMARTS) is 1. The van der Waals surface area contributed by atoms with Crippen LogP contribution >= 0.6 is 0 Å². The fourth-order valence-corrected chi connectivity index (χ4v) is 3.58. The van der Waals surface area contributed by atoms with E-state index in [0.717, 1.165) is 25.7 Å². The molecule has 0 aromatic heterocycles. The van der Waals surface area contributed by atoms with Gasteiger partial charge in [0, 0.05) is 6.04 Å². The van der Waals surface area contributed by atoms with Crippen LogP contribution < -0.4 is 10.6 Å². The number of fused-ring (bicyclic) bond motifs is 1. The van der Waals surface area contributed by atoms with Crippen LogP contribution in [0.25, 0.3) is 0 Å². The number of aliphatic carboxylic acids is 1. The minimum absolute atomic E-state index is 0.0381. The SMILES string of the molecule is O=C(CN1C(C(=O)O)CC2CCCCC21)NC(=O)NCC(F)(F)F. The fourth-order valence-electron chi connectivity index (χ4n) is 3.58. The number of carboxylic acids is 1. The molecule has 0 bridgehead atoms. The Kier molecular flexibility index (Phi) is 5.68. The second kappa shape index (κ2) is 7.37. The molecule has 2 fully saturated rings. The van der Waals surface area contributed by atoms with Crippen molar-refractivity contribution in [3.63, 3.8) is 0 Å². The molecule has 7 nitrogen and oxygen atoms in total. The molecule has 0 aromatic rings. The number of rotatable bonds is 4. The summed E-state index contributed by atoms with van der Waals surface area (Å²) >= 11 is 0. The number of imide groups is 1. The number of carbonyl (C=O) groups is 3. The van der Waals surface area contributed by atoms with E-state index in [4.69, 9.17) is 0 Å². The molecule has 2 rings (SSSR count). The maximum atomic E-state index is 12.0. The summed E-state index contributed by atoms with van der Waals surface area (Å²) in [6.45, 7) is -1.87. The summed E-state index contributed by atoms with van der Waals surface area (Å²) in [4.78, 5) is 36.1. The third kappa shape index (κ3) is 4.83. The van der Waals surface area contributed by atoms with Gasteiger partial charge in [-0.15, -0.1) is 0 Å². The highest BCUT2D eigenvalue weighted by atomic mass is 19.4. The summed E-state index contributed by atoms with van der Waals surface area (Å²) in [5.41, 5.74) is 0. The lowest BCUT2D eigenvalue weighted by Gasteiger charge is -2.32. The zero-order chi connectivity index (χ0) is 17.9. The molecule has 1 saturated carbocycles. The number of halogens is 3. The van der Waals surface area contributed by atoms with Gasteiger partial charge >= 0.3 is 18.2 Å². The molecule has 3 atom stereocenters. The van der Waals surface area contributed by atoms with Crippen molar-refractivity contribution in [2.75, 3.05) is 13.1 Å². The third-order valence-corrected chi connectivity index (χ3v) is 4.53. The van der Waals surface area contributed by atoms with E-state index in [9.17, 15) is 32.7 Å². The first kappa shape index (κ1) is 18.5. The van der Waals surface area contributed by atoms with Gasteiger partial charge in [-0.05, 0) is 25.2 Å². The standard InChI is InChI=1S/C14H20F3N3O4/c15-14(16,17)7-18-13(24)19-11(21)6-20-9-4-2-1-3-8(9)5-10(20)12(22)23/h8-10H,1-7H2,(H,22,23)(H2,18,19,21,24). The molecule has 3 amide bonds. The van der Waals surface area contributed by atoms with Gasteiger partial charge < -0.3 is 10.4 Å². The lowest BCUT2D eigenvalue weighted by atomic mass is 9.85. The van der Waals surface area contributed by atoms with Crippen LogP contribution in [0, 0.1) is 5.92 Å². The Morgan fingerprint density at radius 2 is 1.83 bits per heavy atom. The first-order chi connectivity index (χ1) is 11.2. The van der Waals surface area contributed by atoms with Crippen molar-refractivity contribution < 1.29 is 32.7 Å². The molecular weight excluding hydrogens is 331 g/mol. The summed E-state index contributed by atoms with van der Waals surface area (Å²) in [6, 6.07) is -2.09. The molecule has 24 heavy (non-hydrogen) atoms. The monoisotopic (exact) mass is 351 g/mol. The van der Waals surface area contributed by atoms with E-state index < -0.39 is 36.7 Å². The van der Waals surface area contributed by atoms with Crippen LogP contribution in [0.5, 0.6) is 0 Å². The molecule has 0 radical (unpaired) electrons. The molecule has 10 heteroatoms. The number of alkyl halides is 3. The average Bonchev–Trinajstić information content (AvgIpc) is 2.83. The van der Waals surface area contributed by atoms with Crippen LogP contribution in [0.2, 0.25) is 0 Å². The number of nitrogens with one attached hydrogen (secondary N) is 2. The Labute approximate surface area is 136 Å². The van der Waals surface area contributed by atoms with E-state index in [2.05, 4.69) is 0 Å². The van der Waals surface area contributed by atoms with Crippen molar-refractivity contribution in [3.05, 3.63) is 0 Å². The van der Waals surface area contributed by atoms with Crippen molar-refractivity contribution in [3.8, 4) is 0 Å². The highest BCUT2D eigenvalue weighted by Gasteiger charge is 2.45. The highest BCUT2D eigenvalue weighted by Crippen LogP contribution is 2.39. The predicted octanol–water partition coefficient (Wildman–Crippen LogP) is 1.09. The highest BCUT2D eigenvalue weighted by molar-refractivity contribution is 5.95. The first-order valence-electron chi connectivity index (χ1n) is 7.80. The minimum atomic E-state index is -4.57. The van der Waals surface area contributed by atoms with Crippen LogP contribution in [-0.2, 0) is 9.59 Å². The number of carbonyl (C=O) groups excluding carboxylic acids is 2. The van der Waals surface area contributed by atoms with E-state index in [1.807, 2.05) is 5.32 Å². The largest absolute Gasteiger partial charge is 0.480 e. The van der Waals surface area contributed by atoms with Gasteiger partial charge in [0.1, 0.15) is 12.6 Å². The van der Waals surface area contributed by atoms with Crippen LogP contribution in [0.15, 0.2) is 0 Å². The second-order valence-electron chi connectivity index (χ2n) is 6.22. The second-order valence-corrected chi connectivity index (χ2v) is 6.22. The Hall–Kier alpha value is -1.84. The maximum Gasteiger partial charge on any atom is 0.405 e. The van der Waals surface area contributed by atoms with Crippen molar-refractivity contribution in [2.24, 2.45) is 5.92 Å². The zero-order valence-electron chi connectivity index (χ0n) is 12.9. The zero-order valence-corrected chi connectivity index (χ0v) is 12.9. The molecule has 1 heterocycles. The van der Waals surface area contributed by atoms with Gasteiger partial charge in [-0.2, -0.15) is 13.2 Å². The lowest BCUT2D eigenvalue weighted by molar-refractivity contribution is -0.143. The van der Waals surface area contributed by atoms with E-state index in [1.54, 1.807) is 4.90 Å². The minimum Gasteiger partial charge on any atom is -0.480 e. The van der Waals surface area contributed by atoms with E-state index in [1.165, 1.54) is 5.32 Å². The van der Waals surface area contributed by atoms with Crippen LogP contribution in [0.1, 0.15) is 32.1 Å².